The van der Waals surface area contributed by atoms with Gasteiger partial charge in [-0.2, -0.15) is 5.01 Å². The highest BCUT2D eigenvalue weighted by Gasteiger charge is 2.51. The number of phenols is 1. The molecule has 0 aromatic heterocycles. The Morgan fingerprint density at radius 1 is 1.02 bits per heavy atom. The second kappa shape index (κ2) is 14.0. The molecule has 0 unspecified atom stereocenters. The summed E-state index contributed by atoms with van der Waals surface area (Å²) in [5, 5.41) is 15.7. The minimum Gasteiger partial charge on any atom is -0.508 e. The van der Waals surface area contributed by atoms with Gasteiger partial charge in [0.25, 0.3) is 0 Å². The molecule has 10 nitrogen and oxygen atoms in total. The lowest BCUT2D eigenvalue weighted by atomic mass is 9.98. The predicted molar refractivity (Wildman–Crippen MR) is 160 cm³/mol. The first kappa shape index (κ1) is 30.5. The standard InChI is InChI=1S/C33H34FN5O5/c1-2-15-37-22-31(41)38-29(19-24-11-13-28(40)14-12-24)32(42)36(16-17-44-23-26-9-6-10-27(34)18-26)21-30(38)39(37)33(43)35-20-25-7-4-3-5-8-25/h1,3-14,18,29-30,40H,15-17,19-23H2,(H,35,43)/t29-,30-/m0/s1. The maximum Gasteiger partial charge on any atom is 0.334 e. The van der Waals surface area contributed by atoms with Crippen LogP contribution in [0.1, 0.15) is 16.7 Å². The lowest BCUT2D eigenvalue weighted by Gasteiger charge is -2.54. The third kappa shape index (κ3) is 7.16. The quantitative estimate of drug-likeness (QED) is 0.274. The number of hydrazine groups is 1. The largest absolute Gasteiger partial charge is 0.508 e. The third-order valence-corrected chi connectivity index (χ3v) is 7.63. The summed E-state index contributed by atoms with van der Waals surface area (Å²) in [6.07, 6.45) is 4.98. The summed E-state index contributed by atoms with van der Waals surface area (Å²) in [6, 6.07) is 20.6. The lowest BCUT2D eigenvalue weighted by molar-refractivity contribution is -0.189. The lowest BCUT2D eigenvalue weighted by Crippen LogP contribution is -2.76. The summed E-state index contributed by atoms with van der Waals surface area (Å²) >= 11 is 0. The monoisotopic (exact) mass is 599 g/mol. The number of urea groups is 1. The van der Waals surface area contributed by atoms with E-state index >= 15 is 0 Å². The second-order valence-corrected chi connectivity index (χ2v) is 10.7. The van der Waals surface area contributed by atoms with Crippen molar-refractivity contribution in [3.8, 4) is 18.1 Å². The highest BCUT2D eigenvalue weighted by Crippen LogP contribution is 2.28. The first-order chi connectivity index (χ1) is 21.3. The van der Waals surface area contributed by atoms with E-state index in [-0.39, 0.29) is 75.7 Å². The van der Waals surface area contributed by atoms with Crippen LogP contribution in [-0.4, -0.2) is 87.8 Å². The van der Waals surface area contributed by atoms with Gasteiger partial charge in [0.15, 0.2) is 0 Å². The molecule has 3 aromatic carbocycles. The molecule has 2 fully saturated rings. The molecule has 2 N–H and O–H groups in total. The van der Waals surface area contributed by atoms with Gasteiger partial charge in [-0.1, -0.05) is 60.5 Å². The predicted octanol–water partition coefficient (Wildman–Crippen LogP) is 2.73. The number of fused-ring (bicyclic) bond motifs is 1. The number of halogens is 1. The number of carbonyl (C=O) groups excluding carboxylic acids is 3. The average Bonchev–Trinajstić information content (AvgIpc) is 3.01. The highest BCUT2D eigenvalue weighted by atomic mass is 19.1. The smallest absolute Gasteiger partial charge is 0.334 e. The number of phenolic OH excluding ortho intramolecular Hbond substituents is 1. The van der Waals surface area contributed by atoms with Crippen molar-refractivity contribution in [3.05, 3.63) is 101 Å². The van der Waals surface area contributed by atoms with Crippen molar-refractivity contribution in [2.24, 2.45) is 0 Å². The molecular formula is C33H34FN5O5. The molecule has 5 rings (SSSR count). The van der Waals surface area contributed by atoms with Gasteiger partial charge in [0, 0.05) is 19.5 Å². The van der Waals surface area contributed by atoms with Crippen molar-refractivity contribution < 1.29 is 28.6 Å². The molecule has 4 amide bonds. The summed E-state index contributed by atoms with van der Waals surface area (Å²) in [6.45, 7) is 0.650. The Morgan fingerprint density at radius 3 is 2.50 bits per heavy atom. The topological polar surface area (TPSA) is 106 Å². The van der Waals surface area contributed by atoms with Crippen LogP contribution >= 0.6 is 0 Å². The van der Waals surface area contributed by atoms with Crippen LogP contribution in [0.25, 0.3) is 0 Å². The highest BCUT2D eigenvalue weighted by molar-refractivity contribution is 5.91. The molecule has 2 atom stereocenters. The molecule has 3 aromatic rings. The van der Waals surface area contributed by atoms with Crippen LogP contribution in [0.2, 0.25) is 0 Å². The Balaban J connectivity index is 1.39. The number of amides is 4. The molecule has 11 heteroatoms. The zero-order valence-electron chi connectivity index (χ0n) is 24.1. The Hall–Kier alpha value is -4.92. The summed E-state index contributed by atoms with van der Waals surface area (Å²) in [7, 11) is 0. The fourth-order valence-corrected chi connectivity index (χ4v) is 5.54. The molecule has 0 radical (unpaired) electrons. The number of aromatic hydroxyl groups is 1. The van der Waals surface area contributed by atoms with Crippen LogP contribution in [0, 0.1) is 18.2 Å². The second-order valence-electron chi connectivity index (χ2n) is 10.7. The minimum atomic E-state index is -0.911. The van der Waals surface area contributed by atoms with Gasteiger partial charge in [0.05, 0.1) is 32.8 Å². The van der Waals surface area contributed by atoms with Crippen LogP contribution in [0.5, 0.6) is 5.75 Å². The summed E-state index contributed by atoms with van der Waals surface area (Å²) in [5.41, 5.74) is 2.30. The molecular weight excluding hydrogens is 565 g/mol. The van der Waals surface area contributed by atoms with Crippen LogP contribution in [0.15, 0.2) is 78.9 Å². The van der Waals surface area contributed by atoms with Gasteiger partial charge in [0.1, 0.15) is 23.8 Å². The number of ether oxygens (including phenoxy) is 1. The Kier molecular flexibility index (Phi) is 9.74. The number of hydrogen-bond donors (Lipinski definition) is 2. The van der Waals surface area contributed by atoms with E-state index in [0.717, 1.165) is 11.1 Å². The van der Waals surface area contributed by atoms with E-state index in [2.05, 4.69) is 11.2 Å². The van der Waals surface area contributed by atoms with Crippen LogP contribution in [0.3, 0.4) is 0 Å². The zero-order chi connectivity index (χ0) is 31.1. The van der Waals surface area contributed by atoms with Gasteiger partial charge in [-0.15, -0.1) is 6.42 Å². The number of terminal acetylenes is 1. The van der Waals surface area contributed by atoms with Crippen LogP contribution in [0.4, 0.5) is 9.18 Å². The normalized spacial score (nSPS) is 18.6. The molecule has 2 aliphatic rings. The summed E-state index contributed by atoms with van der Waals surface area (Å²) < 4.78 is 19.4. The van der Waals surface area contributed by atoms with E-state index in [1.807, 2.05) is 30.3 Å². The van der Waals surface area contributed by atoms with Crippen LogP contribution < -0.4 is 5.32 Å². The number of nitrogens with zero attached hydrogens (tertiary/aromatic N) is 4. The van der Waals surface area contributed by atoms with E-state index < -0.39 is 18.2 Å². The van der Waals surface area contributed by atoms with E-state index in [1.165, 1.54) is 39.2 Å². The number of hydrogen-bond acceptors (Lipinski definition) is 6. The molecule has 228 valence electrons. The number of rotatable bonds is 10. The number of benzene rings is 3. The number of piperazine rings is 1. The fraction of sp³-hybridized carbons (Fsp3) is 0.303. The summed E-state index contributed by atoms with van der Waals surface area (Å²) in [5.74, 6) is 1.64. The molecule has 0 aliphatic carbocycles. The maximum atomic E-state index is 13.9. The van der Waals surface area contributed by atoms with E-state index in [4.69, 9.17) is 11.2 Å². The van der Waals surface area contributed by atoms with E-state index in [9.17, 15) is 23.9 Å². The molecule has 44 heavy (non-hydrogen) atoms. The molecule has 0 spiro atoms. The fourth-order valence-electron chi connectivity index (χ4n) is 5.54. The average molecular weight is 600 g/mol. The SMILES string of the molecule is C#CCN1CC(=O)N2[C@@H](Cc3ccc(O)cc3)C(=O)N(CCOCc3cccc(F)c3)C[C@@H]2N1C(=O)NCc1ccccc1. The van der Waals surface area contributed by atoms with Crippen molar-refractivity contribution in [3.63, 3.8) is 0 Å². The number of carbonyl (C=O) groups is 3. The minimum absolute atomic E-state index is 0.0160. The van der Waals surface area contributed by atoms with Crippen molar-refractivity contribution in [2.75, 3.05) is 32.8 Å². The van der Waals surface area contributed by atoms with Crippen molar-refractivity contribution in [1.82, 2.24) is 25.1 Å². The van der Waals surface area contributed by atoms with E-state index in [0.29, 0.717) is 5.56 Å². The Labute approximate surface area is 255 Å². The molecule has 2 heterocycles. The van der Waals surface area contributed by atoms with Gasteiger partial charge in [0.2, 0.25) is 11.8 Å². The van der Waals surface area contributed by atoms with Gasteiger partial charge >= 0.3 is 6.03 Å². The van der Waals surface area contributed by atoms with Gasteiger partial charge in [-0.05, 0) is 41.0 Å². The first-order valence-electron chi connectivity index (χ1n) is 14.3. The van der Waals surface area contributed by atoms with Gasteiger partial charge in [-0.25, -0.2) is 14.2 Å². The van der Waals surface area contributed by atoms with Crippen molar-refractivity contribution >= 4 is 17.8 Å². The van der Waals surface area contributed by atoms with Crippen molar-refractivity contribution in [2.45, 2.75) is 31.8 Å². The summed E-state index contributed by atoms with van der Waals surface area (Å²) in [4.78, 5) is 44.3. The van der Waals surface area contributed by atoms with E-state index in [1.54, 1.807) is 29.2 Å². The molecule has 2 aliphatic heterocycles. The van der Waals surface area contributed by atoms with Crippen LogP contribution in [-0.2, 0) is 33.9 Å². The first-order valence-corrected chi connectivity index (χ1v) is 14.3. The van der Waals surface area contributed by atoms with Gasteiger partial charge in [-0.3, -0.25) is 9.59 Å². The Bertz CT molecular complexity index is 1510. The Morgan fingerprint density at radius 2 is 1.77 bits per heavy atom. The van der Waals surface area contributed by atoms with Gasteiger partial charge < -0.3 is 25.0 Å². The third-order valence-electron chi connectivity index (χ3n) is 7.63. The molecule has 0 bridgehead atoms. The molecule has 2 saturated heterocycles. The zero-order valence-corrected chi connectivity index (χ0v) is 24.1. The van der Waals surface area contributed by atoms with Crippen molar-refractivity contribution in [1.29, 1.82) is 0 Å². The maximum absolute atomic E-state index is 13.9. The molecule has 0 saturated carbocycles. The number of nitrogens with one attached hydrogen (secondary N) is 1.